The van der Waals surface area contributed by atoms with Crippen LogP contribution in [-0.4, -0.2) is 154 Å². The average Bonchev–Trinajstić information content (AvgIpc) is 2.61. The summed E-state index contributed by atoms with van der Waals surface area (Å²) in [5.41, 5.74) is 0. The molecule has 0 saturated carbocycles. The van der Waals surface area contributed by atoms with Gasteiger partial charge in [-0.15, -0.1) is 0 Å². The van der Waals surface area contributed by atoms with Gasteiger partial charge < -0.3 is 25.5 Å². The third-order valence-corrected chi connectivity index (χ3v) is 4.94. The number of aliphatic hydroxyl groups is 2. The van der Waals surface area contributed by atoms with Crippen LogP contribution in [-0.2, 0) is 14.4 Å². The summed E-state index contributed by atoms with van der Waals surface area (Å²) in [7, 11) is 0. The molecular weight excluding hydrogens is 400 g/mol. The molecule has 0 radical (unpaired) electrons. The number of hydrogen-bond acceptors (Lipinski definition) is 9. The number of nitrogens with zero attached hydrogens (tertiary/aromatic N) is 4. The van der Waals surface area contributed by atoms with E-state index in [9.17, 15) is 39.9 Å². The van der Waals surface area contributed by atoms with E-state index < -0.39 is 30.1 Å². The predicted molar refractivity (Wildman–Crippen MR) is 106 cm³/mol. The van der Waals surface area contributed by atoms with Crippen molar-refractivity contribution in [2.24, 2.45) is 0 Å². The number of carboxylic acid groups (broad SMARTS) is 3. The molecule has 5 N–H and O–H groups in total. The van der Waals surface area contributed by atoms with Crippen LogP contribution in [0.5, 0.6) is 0 Å². The van der Waals surface area contributed by atoms with Gasteiger partial charge in [-0.2, -0.15) is 0 Å². The Morgan fingerprint density at radius 3 is 1.77 bits per heavy atom. The maximum Gasteiger partial charge on any atom is 0.317 e. The van der Waals surface area contributed by atoms with Crippen molar-refractivity contribution in [2.75, 3.05) is 78.6 Å². The van der Waals surface area contributed by atoms with Gasteiger partial charge in [0, 0.05) is 58.4 Å². The first-order valence-electron chi connectivity index (χ1n) is 9.96. The lowest BCUT2D eigenvalue weighted by Gasteiger charge is -2.37. The Bertz CT molecular complexity index is 562. The van der Waals surface area contributed by atoms with Crippen LogP contribution in [0.15, 0.2) is 0 Å². The highest BCUT2D eigenvalue weighted by atomic mass is 16.4. The van der Waals surface area contributed by atoms with Gasteiger partial charge in [0.2, 0.25) is 0 Å². The molecule has 1 heterocycles. The number of aliphatic carboxylic acids is 3. The zero-order valence-corrected chi connectivity index (χ0v) is 17.4. The second kappa shape index (κ2) is 13.5. The van der Waals surface area contributed by atoms with Crippen LogP contribution in [0.4, 0.5) is 0 Å². The average molecular weight is 434 g/mol. The van der Waals surface area contributed by atoms with E-state index in [4.69, 9.17) is 0 Å². The lowest BCUT2D eigenvalue weighted by molar-refractivity contribution is -0.141. The van der Waals surface area contributed by atoms with Crippen molar-refractivity contribution < 1.29 is 39.9 Å². The van der Waals surface area contributed by atoms with Crippen LogP contribution in [0.2, 0.25) is 0 Å². The predicted octanol–water partition coefficient (Wildman–Crippen LogP) is -2.80. The molecule has 1 saturated heterocycles. The molecule has 0 aliphatic carbocycles. The van der Waals surface area contributed by atoms with Gasteiger partial charge in [0.1, 0.15) is 0 Å². The molecule has 2 atom stereocenters. The van der Waals surface area contributed by atoms with Crippen LogP contribution in [0, 0.1) is 0 Å². The molecule has 1 aliphatic rings. The number of carbonyl (C=O) groups is 3. The number of β-amino-alcohol motifs (C(OH)–C–C–N with tert-alkyl or cyclic N) is 1. The summed E-state index contributed by atoms with van der Waals surface area (Å²) in [6, 6.07) is -0.596. The van der Waals surface area contributed by atoms with Crippen molar-refractivity contribution in [3.63, 3.8) is 0 Å². The summed E-state index contributed by atoms with van der Waals surface area (Å²) in [5.74, 6) is -3.11. The van der Waals surface area contributed by atoms with E-state index in [2.05, 4.69) is 0 Å². The normalized spacial score (nSPS) is 22.7. The topological polar surface area (TPSA) is 165 Å². The smallest absolute Gasteiger partial charge is 0.317 e. The van der Waals surface area contributed by atoms with E-state index in [1.54, 1.807) is 21.6 Å². The zero-order chi connectivity index (χ0) is 22.7. The summed E-state index contributed by atoms with van der Waals surface area (Å²) >= 11 is 0. The molecule has 0 amide bonds. The van der Waals surface area contributed by atoms with Crippen molar-refractivity contribution >= 4 is 17.9 Å². The van der Waals surface area contributed by atoms with E-state index in [1.165, 1.54) is 0 Å². The number of aliphatic hydroxyl groups excluding tert-OH is 2. The van der Waals surface area contributed by atoms with E-state index >= 15 is 0 Å². The van der Waals surface area contributed by atoms with Crippen molar-refractivity contribution in [2.45, 2.75) is 19.1 Å². The van der Waals surface area contributed by atoms with Crippen molar-refractivity contribution in [3.05, 3.63) is 0 Å². The molecule has 0 spiro atoms. The Morgan fingerprint density at radius 2 is 1.27 bits per heavy atom. The Morgan fingerprint density at radius 1 is 0.800 bits per heavy atom. The minimum atomic E-state index is -1.06. The monoisotopic (exact) mass is 434 g/mol. The van der Waals surface area contributed by atoms with Gasteiger partial charge in [0.05, 0.1) is 32.3 Å². The quantitative estimate of drug-likeness (QED) is 0.253. The van der Waals surface area contributed by atoms with Crippen LogP contribution in [0.25, 0.3) is 0 Å². The molecular formula is C18H34N4O8. The van der Waals surface area contributed by atoms with Crippen LogP contribution in [0.3, 0.4) is 0 Å². The van der Waals surface area contributed by atoms with E-state index in [1.807, 2.05) is 4.90 Å². The molecule has 30 heavy (non-hydrogen) atoms. The van der Waals surface area contributed by atoms with Gasteiger partial charge >= 0.3 is 17.9 Å². The lowest BCUT2D eigenvalue weighted by atomic mass is 10.2. The van der Waals surface area contributed by atoms with E-state index in [-0.39, 0.29) is 39.3 Å². The molecule has 0 aromatic rings. The molecule has 0 aromatic carbocycles. The Labute approximate surface area is 175 Å². The fourth-order valence-corrected chi connectivity index (χ4v) is 3.54. The van der Waals surface area contributed by atoms with Crippen molar-refractivity contribution in [3.8, 4) is 0 Å². The molecule has 12 nitrogen and oxygen atoms in total. The Hall–Kier alpha value is -1.83. The van der Waals surface area contributed by atoms with Crippen molar-refractivity contribution in [1.82, 2.24) is 19.6 Å². The lowest BCUT2D eigenvalue weighted by Crippen LogP contribution is -2.54. The first-order chi connectivity index (χ1) is 14.1. The van der Waals surface area contributed by atoms with Crippen LogP contribution < -0.4 is 0 Å². The van der Waals surface area contributed by atoms with Gasteiger partial charge in [-0.05, 0) is 6.92 Å². The molecule has 0 aromatic heterocycles. The highest BCUT2D eigenvalue weighted by Gasteiger charge is 2.26. The summed E-state index contributed by atoms with van der Waals surface area (Å²) in [6.45, 7) is 3.10. The van der Waals surface area contributed by atoms with Crippen LogP contribution >= 0.6 is 0 Å². The molecule has 174 valence electrons. The fraction of sp³-hybridized carbons (Fsp3) is 0.833. The van der Waals surface area contributed by atoms with E-state index in [0.717, 1.165) is 0 Å². The first kappa shape index (κ1) is 26.2. The first-order valence-corrected chi connectivity index (χ1v) is 9.96. The number of rotatable bonds is 9. The van der Waals surface area contributed by atoms with E-state index in [0.29, 0.717) is 39.3 Å². The maximum absolute atomic E-state index is 11.3. The Kier molecular flexibility index (Phi) is 11.8. The van der Waals surface area contributed by atoms with Gasteiger partial charge in [0.15, 0.2) is 0 Å². The fourth-order valence-electron chi connectivity index (χ4n) is 3.54. The van der Waals surface area contributed by atoms with Gasteiger partial charge in [-0.3, -0.25) is 34.0 Å². The third kappa shape index (κ3) is 10.8. The highest BCUT2D eigenvalue weighted by molar-refractivity contribution is 5.70. The van der Waals surface area contributed by atoms with Gasteiger partial charge in [-0.25, -0.2) is 0 Å². The molecule has 0 bridgehead atoms. The standard InChI is InChI=1S/C18H34N4O8/c1-14(24)8-19-2-3-20(10-16(25)26)4-5-21(11-17(27)28)9-15(13-23)22(7-6-19)12-18(29)30/h14-15,23-24H,2-13H2,1H3,(H,25,26)(H,27,28)(H,29,30). The summed E-state index contributed by atoms with van der Waals surface area (Å²) in [6.07, 6.45) is -0.613. The largest absolute Gasteiger partial charge is 0.480 e. The second-order valence-corrected chi connectivity index (χ2v) is 7.65. The minimum Gasteiger partial charge on any atom is -0.480 e. The molecule has 2 unspecified atom stereocenters. The number of carboxylic acids is 3. The molecule has 12 heteroatoms. The summed E-state index contributed by atoms with van der Waals surface area (Å²) < 4.78 is 0. The SMILES string of the molecule is CC(O)CN1CCN(CC(=O)O)CCN(CC(=O)O)CC(CO)N(CC(=O)O)CC1. The van der Waals surface area contributed by atoms with Crippen LogP contribution in [0.1, 0.15) is 6.92 Å². The van der Waals surface area contributed by atoms with Gasteiger partial charge in [-0.1, -0.05) is 0 Å². The Balaban J connectivity index is 3.08. The number of hydrogen-bond donors (Lipinski definition) is 5. The summed E-state index contributed by atoms with van der Waals surface area (Å²) in [4.78, 5) is 40.6. The molecule has 1 rings (SSSR count). The second-order valence-electron chi connectivity index (χ2n) is 7.65. The van der Waals surface area contributed by atoms with Crippen molar-refractivity contribution in [1.29, 1.82) is 0 Å². The minimum absolute atomic E-state index is 0.132. The van der Waals surface area contributed by atoms with Gasteiger partial charge in [0.25, 0.3) is 0 Å². The highest BCUT2D eigenvalue weighted by Crippen LogP contribution is 2.07. The molecule has 1 aliphatic heterocycles. The summed E-state index contributed by atoms with van der Waals surface area (Å²) in [5, 5.41) is 47.3. The maximum atomic E-state index is 11.3. The molecule has 1 fully saturated rings. The third-order valence-electron chi connectivity index (χ3n) is 4.94. The zero-order valence-electron chi connectivity index (χ0n) is 17.4.